The lowest BCUT2D eigenvalue weighted by Crippen LogP contribution is -2.13. The minimum absolute atomic E-state index is 0.140. The molecule has 0 bridgehead atoms. The molecule has 0 aliphatic heterocycles. The van der Waals surface area contributed by atoms with Crippen molar-refractivity contribution >= 4 is 29.0 Å². The van der Waals surface area contributed by atoms with Gasteiger partial charge in [0.2, 0.25) is 0 Å². The molecule has 0 spiro atoms. The van der Waals surface area contributed by atoms with E-state index in [4.69, 9.17) is 20.6 Å². The molecular weight excluding hydrogens is 323 g/mol. The fourth-order valence-corrected chi connectivity index (χ4v) is 5.44. The first kappa shape index (κ1) is 17.7. The summed E-state index contributed by atoms with van der Waals surface area (Å²) >= 11 is 5.71. The van der Waals surface area contributed by atoms with Crippen LogP contribution in [-0.4, -0.2) is 33.5 Å². The lowest BCUT2D eigenvalue weighted by molar-refractivity contribution is 0.221. The number of hydrogen-bond donors (Lipinski definition) is 0. The molecule has 20 heavy (non-hydrogen) atoms. The highest BCUT2D eigenvalue weighted by Gasteiger charge is 2.27. The zero-order valence-electron chi connectivity index (χ0n) is 11.4. The van der Waals surface area contributed by atoms with E-state index in [0.717, 1.165) is 0 Å². The summed E-state index contributed by atoms with van der Waals surface area (Å²) in [6.45, 7) is 3.77. The third kappa shape index (κ3) is 5.19. The maximum absolute atomic E-state index is 12.2. The third-order valence-corrected chi connectivity index (χ3v) is 6.82. The summed E-state index contributed by atoms with van der Waals surface area (Å²) in [5.41, 5.74) is 0. The smallest absolute Gasteiger partial charge is 0.309 e. The highest BCUT2D eigenvalue weighted by molar-refractivity contribution is 7.91. The van der Waals surface area contributed by atoms with E-state index in [1.165, 1.54) is 24.3 Å². The lowest BCUT2D eigenvalue weighted by Gasteiger charge is -2.16. The minimum atomic E-state index is -3.54. The Morgan fingerprint density at radius 1 is 1.10 bits per heavy atom. The summed E-state index contributed by atoms with van der Waals surface area (Å²) in [4.78, 5) is 0.140. The van der Waals surface area contributed by atoms with Gasteiger partial charge in [-0.25, -0.2) is 8.42 Å². The normalized spacial score (nSPS) is 12.6. The molecule has 0 amide bonds. The monoisotopic (exact) mass is 340 g/mol. The molecule has 114 valence electrons. The minimum Gasteiger partial charge on any atom is -0.309 e. The van der Waals surface area contributed by atoms with Crippen LogP contribution in [0.25, 0.3) is 0 Å². The van der Waals surface area contributed by atoms with E-state index in [1.807, 2.05) is 0 Å². The van der Waals surface area contributed by atoms with Gasteiger partial charge < -0.3 is 9.05 Å². The molecular formula is C12H18ClO5PS. The number of halogens is 1. The van der Waals surface area contributed by atoms with E-state index in [0.29, 0.717) is 5.02 Å². The molecule has 0 unspecified atom stereocenters. The van der Waals surface area contributed by atoms with Crippen LogP contribution in [0.2, 0.25) is 5.02 Å². The molecule has 5 nitrogen and oxygen atoms in total. The maximum atomic E-state index is 12.2. The number of benzene rings is 1. The maximum Gasteiger partial charge on any atom is 0.331 e. The first-order chi connectivity index (χ1) is 9.33. The largest absolute Gasteiger partial charge is 0.331 e. The summed E-state index contributed by atoms with van der Waals surface area (Å²) in [5.74, 6) is -0.300. The molecule has 0 heterocycles. The summed E-state index contributed by atoms with van der Waals surface area (Å²) in [7, 11) is -6.89. The average Bonchev–Trinajstić information content (AvgIpc) is 2.38. The van der Waals surface area contributed by atoms with Gasteiger partial charge >= 0.3 is 7.60 Å². The van der Waals surface area contributed by atoms with Crippen LogP contribution < -0.4 is 0 Å². The molecule has 0 saturated heterocycles. The van der Waals surface area contributed by atoms with Gasteiger partial charge in [-0.15, -0.1) is 0 Å². The van der Waals surface area contributed by atoms with Gasteiger partial charge in [0.15, 0.2) is 9.84 Å². The van der Waals surface area contributed by atoms with Crippen LogP contribution in [0.4, 0.5) is 0 Å². The van der Waals surface area contributed by atoms with Crippen molar-refractivity contribution in [3.8, 4) is 0 Å². The number of hydrogen-bond acceptors (Lipinski definition) is 5. The quantitative estimate of drug-likeness (QED) is 0.678. The Bertz CT molecular complexity index is 560. The van der Waals surface area contributed by atoms with Crippen molar-refractivity contribution in [2.24, 2.45) is 0 Å². The highest BCUT2D eigenvalue weighted by Crippen LogP contribution is 2.48. The van der Waals surface area contributed by atoms with Crippen molar-refractivity contribution in [1.82, 2.24) is 0 Å². The third-order valence-electron chi connectivity index (χ3n) is 2.46. The van der Waals surface area contributed by atoms with Gasteiger partial charge in [-0.3, -0.25) is 4.57 Å². The molecule has 0 N–H and O–H groups in total. The Labute approximate surface area is 124 Å². The second-order valence-electron chi connectivity index (χ2n) is 3.94. The van der Waals surface area contributed by atoms with E-state index in [2.05, 4.69) is 0 Å². The second-order valence-corrected chi connectivity index (χ2v) is 8.67. The predicted molar refractivity (Wildman–Crippen MR) is 79.2 cm³/mol. The van der Waals surface area contributed by atoms with Crippen molar-refractivity contribution in [3.05, 3.63) is 29.3 Å². The van der Waals surface area contributed by atoms with E-state index in [9.17, 15) is 13.0 Å². The van der Waals surface area contributed by atoms with E-state index >= 15 is 0 Å². The number of rotatable bonds is 8. The van der Waals surface area contributed by atoms with E-state index in [1.54, 1.807) is 13.8 Å². The van der Waals surface area contributed by atoms with Gasteiger partial charge in [-0.1, -0.05) is 11.6 Å². The van der Waals surface area contributed by atoms with Crippen molar-refractivity contribution in [2.75, 3.05) is 25.1 Å². The SMILES string of the molecule is CCOP(=O)(CCS(=O)(=O)c1ccc(Cl)cc1)OCC. The molecule has 0 aliphatic carbocycles. The molecule has 0 atom stereocenters. The van der Waals surface area contributed by atoms with Gasteiger partial charge in [-0.2, -0.15) is 0 Å². The van der Waals surface area contributed by atoms with Crippen LogP contribution in [0.15, 0.2) is 29.2 Å². The summed E-state index contributed by atoms with van der Waals surface area (Å²) in [6, 6.07) is 5.84. The molecule has 0 aromatic heterocycles. The Kier molecular flexibility index (Phi) is 6.69. The molecule has 1 aromatic rings. The Hall–Kier alpha value is -0.390. The second kappa shape index (κ2) is 7.57. The predicted octanol–water partition coefficient (Wildman–Crippen LogP) is 3.38. The molecule has 0 fully saturated rings. The first-order valence-electron chi connectivity index (χ1n) is 6.19. The fraction of sp³-hybridized carbons (Fsp3) is 0.500. The molecule has 0 saturated carbocycles. The van der Waals surface area contributed by atoms with Crippen LogP contribution >= 0.6 is 19.2 Å². The summed E-state index contributed by atoms with van der Waals surface area (Å²) < 4.78 is 46.6. The van der Waals surface area contributed by atoms with Crippen LogP contribution in [0.1, 0.15) is 13.8 Å². The van der Waals surface area contributed by atoms with Gasteiger partial charge in [0, 0.05) is 5.02 Å². The summed E-state index contributed by atoms with van der Waals surface area (Å²) in [6.07, 6.45) is -0.167. The van der Waals surface area contributed by atoms with E-state index < -0.39 is 17.4 Å². The Balaban J connectivity index is 2.81. The fourth-order valence-electron chi connectivity index (χ4n) is 1.55. The standard InChI is InChI=1S/C12H18ClO5PS/c1-3-17-19(14,18-4-2)9-10-20(15,16)12-7-5-11(13)6-8-12/h5-8H,3-4,9-10H2,1-2H3. The molecule has 1 rings (SSSR count). The molecule has 0 aliphatic rings. The topological polar surface area (TPSA) is 69.7 Å². The van der Waals surface area contributed by atoms with Gasteiger partial charge in [0.25, 0.3) is 0 Å². The van der Waals surface area contributed by atoms with Crippen LogP contribution in [0, 0.1) is 0 Å². The van der Waals surface area contributed by atoms with Gasteiger partial charge in [-0.05, 0) is 38.1 Å². The van der Waals surface area contributed by atoms with Crippen molar-refractivity contribution in [1.29, 1.82) is 0 Å². The Morgan fingerprint density at radius 2 is 1.60 bits per heavy atom. The average molecular weight is 341 g/mol. The summed E-state index contributed by atoms with van der Waals surface area (Å²) in [5, 5.41) is 0.457. The molecule has 1 aromatic carbocycles. The van der Waals surface area contributed by atoms with E-state index in [-0.39, 0.29) is 30.0 Å². The first-order valence-corrected chi connectivity index (χ1v) is 9.95. The number of sulfone groups is 1. The molecule has 0 radical (unpaired) electrons. The van der Waals surface area contributed by atoms with Crippen molar-refractivity contribution in [3.63, 3.8) is 0 Å². The Morgan fingerprint density at radius 3 is 2.05 bits per heavy atom. The molecule has 8 heteroatoms. The van der Waals surface area contributed by atoms with Gasteiger partial charge in [0.05, 0.1) is 30.0 Å². The van der Waals surface area contributed by atoms with Crippen LogP contribution in [-0.2, 0) is 23.4 Å². The van der Waals surface area contributed by atoms with Crippen LogP contribution in [0.3, 0.4) is 0 Å². The zero-order valence-corrected chi connectivity index (χ0v) is 13.9. The van der Waals surface area contributed by atoms with Crippen molar-refractivity contribution in [2.45, 2.75) is 18.7 Å². The lowest BCUT2D eigenvalue weighted by atomic mass is 10.4. The highest BCUT2D eigenvalue weighted by atomic mass is 35.5. The zero-order chi connectivity index (χ0) is 15.2. The van der Waals surface area contributed by atoms with Crippen LogP contribution in [0.5, 0.6) is 0 Å². The van der Waals surface area contributed by atoms with Crippen molar-refractivity contribution < 1.29 is 22.0 Å². The van der Waals surface area contributed by atoms with Gasteiger partial charge in [0.1, 0.15) is 0 Å².